The topological polar surface area (TPSA) is 66.8 Å². The van der Waals surface area contributed by atoms with Crippen molar-refractivity contribution in [2.24, 2.45) is 0 Å². The van der Waals surface area contributed by atoms with Crippen molar-refractivity contribution >= 4 is 10.0 Å². The predicted molar refractivity (Wildman–Crippen MR) is 67.1 cm³/mol. The quantitative estimate of drug-likeness (QED) is 0.919. The number of sulfonamides is 1. The van der Waals surface area contributed by atoms with Gasteiger partial charge in [0.2, 0.25) is 10.0 Å². The van der Waals surface area contributed by atoms with E-state index in [1.807, 2.05) is 0 Å². The van der Waals surface area contributed by atoms with E-state index >= 15 is 0 Å². The lowest BCUT2D eigenvalue weighted by Crippen LogP contribution is -2.34. The molecule has 1 fully saturated rings. The number of nitrogens with zero attached hydrogens (tertiary/aromatic N) is 1. The summed E-state index contributed by atoms with van der Waals surface area (Å²) >= 11 is 0. The first-order valence-corrected chi connectivity index (χ1v) is 7.52. The predicted octanol–water partition coefficient (Wildman–Crippen LogP) is 1.73. The fourth-order valence-corrected chi connectivity index (χ4v) is 3.68. The van der Waals surface area contributed by atoms with E-state index in [4.69, 9.17) is 0 Å². The Kier molecular flexibility index (Phi) is 3.94. The van der Waals surface area contributed by atoms with Crippen molar-refractivity contribution in [2.45, 2.75) is 30.2 Å². The Hall–Kier alpha value is -1.32. The number of halogens is 3. The molecule has 9 heteroatoms. The number of β-amino-alcohol motifs (C(OH)–C–C–N with tert-alkyl or cyclic N) is 1. The molecule has 0 spiro atoms. The second-order valence-corrected chi connectivity index (χ2v) is 7.05. The first-order chi connectivity index (χ1) is 9.50. The van der Waals surface area contributed by atoms with E-state index in [-0.39, 0.29) is 24.4 Å². The van der Waals surface area contributed by atoms with Crippen molar-refractivity contribution < 1.29 is 31.4 Å². The van der Waals surface area contributed by atoms with Crippen LogP contribution >= 0.6 is 0 Å². The average molecular weight is 325 g/mol. The Balaban J connectivity index is 2.27. The van der Waals surface area contributed by atoms with Crippen molar-refractivity contribution in [1.82, 2.24) is 4.31 Å². The lowest BCUT2D eigenvalue weighted by molar-refractivity contribution is -0.274. The fraction of sp³-hybridized carbons (Fsp3) is 0.500. The van der Waals surface area contributed by atoms with Crippen LogP contribution in [0.5, 0.6) is 5.75 Å². The van der Waals surface area contributed by atoms with Gasteiger partial charge in [-0.3, -0.25) is 0 Å². The number of ether oxygens (including phenoxy) is 1. The van der Waals surface area contributed by atoms with Crippen molar-refractivity contribution in [2.75, 3.05) is 13.1 Å². The van der Waals surface area contributed by atoms with Gasteiger partial charge in [-0.05, 0) is 25.5 Å². The maximum Gasteiger partial charge on any atom is 0.573 e. The number of rotatable bonds is 3. The van der Waals surface area contributed by atoms with Crippen LogP contribution in [-0.2, 0) is 10.0 Å². The third-order valence-corrected chi connectivity index (χ3v) is 4.93. The molecule has 1 aromatic carbocycles. The maximum atomic E-state index is 12.3. The van der Waals surface area contributed by atoms with Crippen LogP contribution in [0.4, 0.5) is 13.2 Å². The summed E-state index contributed by atoms with van der Waals surface area (Å²) in [5.41, 5.74) is -1.13. The van der Waals surface area contributed by atoms with Gasteiger partial charge in [-0.1, -0.05) is 6.07 Å². The Labute approximate surface area is 120 Å². The molecule has 0 bridgehead atoms. The summed E-state index contributed by atoms with van der Waals surface area (Å²) in [5, 5.41) is 9.80. The summed E-state index contributed by atoms with van der Waals surface area (Å²) in [6.45, 7) is 1.52. The number of benzene rings is 1. The monoisotopic (exact) mass is 325 g/mol. The molecule has 1 aromatic rings. The second kappa shape index (κ2) is 5.15. The minimum Gasteiger partial charge on any atom is -0.406 e. The molecule has 1 aliphatic heterocycles. The third-order valence-electron chi connectivity index (χ3n) is 3.09. The van der Waals surface area contributed by atoms with E-state index in [2.05, 4.69) is 4.74 Å². The van der Waals surface area contributed by atoms with Crippen molar-refractivity contribution in [3.05, 3.63) is 24.3 Å². The smallest absolute Gasteiger partial charge is 0.406 e. The molecule has 0 radical (unpaired) electrons. The van der Waals surface area contributed by atoms with Crippen LogP contribution in [0.25, 0.3) is 0 Å². The van der Waals surface area contributed by atoms with E-state index in [0.717, 1.165) is 16.4 Å². The van der Waals surface area contributed by atoms with E-state index in [1.54, 1.807) is 0 Å². The van der Waals surface area contributed by atoms with Crippen LogP contribution in [0.3, 0.4) is 0 Å². The highest BCUT2D eigenvalue weighted by Gasteiger charge is 2.39. The zero-order valence-corrected chi connectivity index (χ0v) is 11.9. The molecule has 0 aromatic heterocycles. The average Bonchev–Trinajstić information content (AvgIpc) is 2.68. The van der Waals surface area contributed by atoms with Gasteiger partial charge in [0.15, 0.2) is 0 Å². The van der Waals surface area contributed by atoms with Gasteiger partial charge in [0, 0.05) is 19.2 Å². The summed E-state index contributed by atoms with van der Waals surface area (Å²) in [6, 6.07) is 4.19. The largest absolute Gasteiger partial charge is 0.573 e. The van der Waals surface area contributed by atoms with E-state index in [1.165, 1.54) is 19.1 Å². The molecule has 1 atom stereocenters. The number of hydrogen-bond donors (Lipinski definition) is 1. The van der Waals surface area contributed by atoms with Gasteiger partial charge >= 0.3 is 6.36 Å². The second-order valence-electron chi connectivity index (χ2n) is 5.11. The highest BCUT2D eigenvalue weighted by molar-refractivity contribution is 7.89. The zero-order valence-electron chi connectivity index (χ0n) is 11.1. The summed E-state index contributed by atoms with van der Waals surface area (Å²) < 4.78 is 65.9. The molecular formula is C12H14F3NO4S. The highest BCUT2D eigenvalue weighted by Crippen LogP contribution is 2.29. The van der Waals surface area contributed by atoms with Crippen LogP contribution in [0.2, 0.25) is 0 Å². The molecule has 1 aliphatic rings. The van der Waals surface area contributed by atoms with Gasteiger partial charge in [-0.2, -0.15) is 4.31 Å². The van der Waals surface area contributed by atoms with Crippen LogP contribution < -0.4 is 4.74 Å². The SMILES string of the molecule is CC1(O)CCN(S(=O)(=O)c2cccc(OC(F)(F)F)c2)C1. The first kappa shape index (κ1) is 16.1. The van der Waals surface area contributed by atoms with E-state index in [9.17, 15) is 26.7 Å². The van der Waals surface area contributed by atoms with Crippen molar-refractivity contribution in [1.29, 1.82) is 0 Å². The Bertz CT molecular complexity index is 628. The molecule has 5 nitrogen and oxygen atoms in total. The van der Waals surface area contributed by atoms with Crippen LogP contribution in [-0.4, -0.2) is 42.9 Å². The van der Waals surface area contributed by atoms with Crippen molar-refractivity contribution in [3.63, 3.8) is 0 Å². The minimum absolute atomic E-state index is 0.0975. The molecule has 1 saturated heterocycles. The van der Waals surface area contributed by atoms with Crippen LogP contribution in [0.15, 0.2) is 29.2 Å². The molecule has 0 amide bonds. The number of hydrogen-bond acceptors (Lipinski definition) is 4. The van der Waals surface area contributed by atoms with Gasteiger partial charge in [0.25, 0.3) is 0 Å². The maximum absolute atomic E-state index is 12.3. The van der Waals surface area contributed by atoms with Gasteiger partial charge in [0.1, 0.15) is 5.75 Å². The standard InChI is InChI=1S/C12H14F3NO4S/c1-11(17)5-6-16(8-11)21(18,19)10-4-2-3-9(7-10)20-12(13,14)15/h2-4,7,17H,5-6,8H2,1H3. The zero-order chi connectivity index (χ0) is 15.9. The van der Waals surface area contributed by atoms with Crippen LogP contribution in [0.1, 0.15) is 13.3 Å². The number of aliphatic hydroxyl groups is 1. The van der Waals surface area contributed by atoms with E-state index in [0.29, 0.717) is 0 Å². The Morgan fingerprint density at radius 2 is 2.05 bits per heavy atom. The molecule has 1 N–H and O–H groups in total. The van der Waals surface area contributed by atoms with Gasteiger partial charge < -0.3 is 9.84 Å². The molecule has 0 aliphatic carbocycles. The molecule has 118 valence electrons. The molecule has 0 saturated carbocycles. The van der Waals surface area contributed by atoms with Gasteiger partial charge in [-0.15, -0.1) is 13.2 Å². The molecule has 21 heavy (non-hydrogen) atoms. The lowest BCUT2D eigenvalue weighted by Gasteiger charge is -2.19. The van der Waals surface area contributed by atoms with Crippen LogP contribution in [0, 0.1) is 0 Å². The first-order valence-electron chi connectivity index (χ1n) is 6.08. The van der Waals surface area contributed by atoms with Crippen molar-refractivity contribution in [3.8, 4) is 5.75 Å². The Morgan fingerprint density at radius 1 is 1.38 bits per heavy atom. The molecule has 2 rings (SSSR count). The fourth-order valence-electron chi connectivity index (χ4n) is 2.09. The number of alkyl halides is 3. The van der Waals surface area contributed by atoms with Gasteiger partial charge in [-0.25, -0.2) is 8.42 Å². The summed E-state index contributed by atoms with van der Waals surface area (Å²) in [5.74, 6) is -0.602. The normalized spacial score (nSPS) is 24.2. The van der Waals surface area contributed by atoms with Gasteiger partial charge in [0.05, 0.1) is 10.5 Å². The minimum atomic E-state index is -4.89. The molecule has 1 unspecified atom stereocenters. The van der Waals surface area contributed by atoms with E-state index < -0.39 is 27.7 Å². The molecule has 1 heterocycles. The summed E-state index contributed by atoms with van der Waals surface area (Å²) in [6.07, 6.45) is -4.62. The highest BCUT2D eigenvalue weighted by atomic mass is 32.2. The molecular weight excluding hydrogens is 311 g/mol. The lowest BCUT2D eigenvalue weighted by atomic mass is 10.1. The summed E-state index contributed by atoms with van der Waals surface area (Å²) in [7, 11) is -3.96. The Morgan fingerprint density at radius 3 is 2.57 bits per heavy atom. The summed E-state index contributed by atoms with van der Waals surface area (Å²) in [4.78, 5) is -0.304. The third kappa shape index (κ3) is 3.86.